The normalized spacial score (nSPS) is 12.5. The van der Waals surface area contributed by atoms with Gasteiger partial charge < -0.3 is 25.4 Å². The number of urea groups is 1. The van der Waals surface area contributed by atoms with Crippen molar-refractivity contribution in [1.82, 2.24) is 15.5 Å². The van der Waals surface area contributed by atoms with E-state index >= 15 is 0 Å². The van der Waals surface area contributed by atoms with Gasteiger partial charge in [-0.05, 0) is 33.7 Å². The predicted octanol–water partition coefficient (Wildman–Crippen LogP) is 0.506. The van der Waals surface area contributed by atoms with E-state index in [0.29, 0.717) is 38.6 Å². The Morgan fingerprint density at radius 2 is 2.00 bits per heavy atom. The number of carboxylic acids is 1. The van der Waals surface area contributed by atoms with Crippen molar-refractivity contribution < 1.29 is 19.4 Å². The van der Waals surface area contributed by atoms with Gasteiger partial charge in [-0.25, -0.2) is 9.59 Å². The molecule has 0 aliphatic heterocycles. The second kappa shape index (κ2) is 10.4. The molecule has 0 saturated carbocycles. The maximum Gasteiger partial charge on any atom is 0.326 e. The monoisotopic (exact) mass is 289 g/mol. The number of methoxy groups -OCH3 is 1. The molecule has 0 radical (unpaired) electrons. The first kappa shape index (κ1) is 18.7. The number of ether oxygens (including phenoxy) is 1. The number of amides is 2. The van der Waals surface area contributed by atoms with Crippen LogP contribution in [0.5, 0.6) is 0 Å². The molecular weight excluding hydrogens is 262 g/mol. The highest BCUT2D eigenvalue weighted by atomic mass is 16.5. The van der Waals surface area contributed by atoms with Gasteiger partial charge in [0, 0.05) is 32.8 Å². The van der Waals surface area contributed by atoms with Gasteiger partial charge >= 0.3 is 12.0 Å². The fraction of sp³-hybridized carbons (Fsp3) is 0.846. The Kier molecular flexibility index (Phi) is 9.75. The summed E-state index contributed by atoms with van der Waals surface area (Å²) in [5.41, 5.74) is 0. The van der Waals surface area contributed by atoms with Crippen LogP contribution in [0.25, 0.3) is 0 Å². The van der Waals surface area contributed by atoms with E-state index in [1.54, 1.807) is 7.11 Å². The lowest BCUT2D eigenvalue weighted by atomic mass is 10.1. The van der Waals surface area contributed by atoms with Gasteiger partial charge in [0.1, 0.15) is 6.04 Å². The lowest BCUT2D eigenvalue weighted by Crippen LogP contribution is -2.47. The van der Waals surface area contributed by atoms with Crippen molar-refractivity contribution in [1.29, 1.82) is 0 Å². The molecule has 0 heterocycles. The lowest BCUT2D eigenvalue weighted by molar-refractivity contribution is -0.139. The number of hydrogen-bond acceptors (Lipinski definition) is 4. The van der Waals surface area contributed by atoms with Crippen molar-refractivity contribution in [3.05, 3.63) is 0 Å². The van der Waals surface area contributed by atoms with Crippen molar-refractivity contribution in [2.45, 2.75) is 38.8 Å². The molecule has 0 fully saturated rings. The number of hydrogen-bond donors (Lipinski definition) is 3. The summed E-state index contributed by atoms with van der Waals surface area (Å²) < 4.78 is 4.86. The zero-order valence-corrected chi connectivity index (χ0v) is 12.8. The molecule has 0 bridgehead atoms. The van der Waals surface area contributed by atoms with Gasteiger partial charge in [-0.1, -0.05) is 0 Å². The third-order valence-electron chi connectivity index (χ3n) is 3.08. The highest BCUT2D eigenvalue weighted by molar-refractivity contribution is 5.82. The van der Waals surface area contributed by atoms with Crippen LogP contribution in [-0.4, -0.2) is 67.9 Å². The molecule has 0 saturated heterocycles. The molecule has 20 heavy (non-hydrogen) atoms. The Labute approximate surface area is 120 Å². The molecule has 0 aliphatic carbocycles. The van der Waals surface area contributed by atoms with Gasteiger partial charge in [-0.15, -0.1) is 0 Å². The summed E-state index contributed by atoms with van der Waals surface area (Å²) in [6.07, 6.45) is 0.937. The molecule has 3 N–H and O–H groups in total. The van der Waals surface area contributed by atoms with E-state index in [-0.39, 0.29) is 0 Å². The van der Waals surface area contributed by atoms with Crippen LogP contribution in [0.1, 0.15) is 26.7 Å². The minimum Gasteiger partial charge on any atom is -0.480 e. The molecule has 7 nitrogen and oxygen atoms in total. The number of likely N-dealkylation sites (N-methyl/N-ethyl adjacent to an activating group) is 1. The molecule has 2 amide bonds. The first-order valence-electron chi connectivity index (χ1n) is 6.84. The number of nitrogens with one attached hydrogen (secondary N) is 2. The Balaban J connectivity index is 3.98. The highest BCUT2D eigenvalue weighted by Gasteiger charge is 2.19. The van der Waals surface area contributed by atoms with E-state index < -0.39 is 18.0 Å². The van der Waals surface area contributed by atoms with Crippen LogP contribution in [0.15, 0.2) is 0 Å². The zero-order valence-electron chi connectivity index (χ0n) is 12.8. The Bertz CT molecular complexity index is 297. The highest BCUT2D eigenvalue weighted by Crippen LogP contribution is 1.98. The SMILES string of the molecule is COCCCC(NC(=O)NCCN(C)C(C)C)C(=O)O. The minimum absolute atomic E-state index is 0.350. The van der Waals surface area contributed by atoms with E-state index in [4.69, 9.17) is 9.84 Å². The van der Waals surface area contributed by atoms with Crippen molar-refractivity contribution in [3.8, 4) is 0 Å². The largest absolute Gasteiger partial charge is 0.480 e. The molecule has 0 aromatic carbocycles. The maximum atomic E-state index is 11.6. The number of carbonyl (C=O) groups is 2. The molecule has 0 spiro atoms. The molecule has 0 aromatic heterocycles. The summed E-state index contributed by atoms with van der Waals surface area (Å²) in [6, 6.07) is -0.930. The van der Waals surface area contributed by atoms with Crippen molar-refractivity contribution >= 4 is 12.0 Å². The fourth-order valence-corrected chi connectivity index (χ4v) is 1.50. The van der Waals surface area contributed by atoms with Gasteiger partial charge in [0.2, 0.25) is 0 Å². The summed E-state index contributed by atoms with van der Waals surface area (Å²) in [4.78, 5) is 24.7. The van der Waals surface area contributed by atoms with Gasteiger partial charge in [0.15, 0.2) is 0 Å². The smallest absolute Gasteiger partial charge is 0.326 e. The maximum absolute atomic E-state index is 11.6. The van der Waals surface area contributed by atoms with E-state index in [9.17, 15) is 9.59 Å². The third kappa shape index (κ3) is 8.71. The summed E-state index contributed by atoms with van der Waals surface area (Å²) >= 11 is 0. The molecule has 118 valence electrons. The molecule has 7 heteroatoms. The van der Waals surface area contributed by atoms with Crippen LogP contribution in [0.4, 0.5) is 4.79 Å². The molecule has 0 aliphatic rings. The average molecular weight is 289 g/mol. The van der Waals surface area contributed by atoms with E-state index in [1.807, 2.05) is 7.05 Å². The summed E-state index contributed by atoms with van der Waals surface area (Å²) in [7, 11) is 3.52. The standard InChI is InChI=1S/C13H27N3O4/c1-10(2)16(3)8-7-14-13(19)15-11(12(17)18)6-5-9-20-4/h10-11H,5-9H2,1-4H3,(H,17,18)(H2,14,15,19). The van der Waals surface area contributed by atoms with Crippen LogP contribution in [-0.2, 0) is 9.53 Å². The number of nitrogens with zero attached hydrogens (tertiary/aromatic N) is 1. The second-order valence-electron chi connectivity index (χ2n) is 5.00. The van der Waals surface area contributed by atoms with Crippen molar-refractivity contribution in [2.24, 2.45) is 0 Å². The zero-order chi connectivity index (χ0) is 15.5. The third-order valence-corrected chi connectivity index (χ3v) is 3.08. The van der Waals surface area contributed by atoms with Gasteiger partial charge in [-0.3, -0.25) is 0 Å². The van der Waals surface area contributed by atoms with Crippen LogP contribution >= 0.6 is 0 Å². The minimum atomic E-state index is -1.03. The van der Waals surface area contributed by atoms with Gasteiger partial charge in [0.25, 0.3) is 0 Å². The van der Waals surface area contributed by atoms with Crippen LogP contribution in [0.2, 0.25) is 0 Å². The van der Waals surface area contributed by atoms with Crippen LogP contribution < -0.4 is 10.6 Å². The van der Waals surface area contributed by atoms with Gasteiger partial charge in [0.05, 0.1) is 0 Å². The number of aliphatic carboxylic acids is 1. The Morgan fingerprint density at radius 3 is 2.50 bits per heavy atom. The van der Waals surface area contributed by atoms with E-state index in [1.165, 1.54) is 0 Å². The lowest BCUT2D eigenvalue weighted by Gasteiger charge is -2.21. The molecule has 0 aromatic rings. The topological polar surface area (TPSA) is 90.9 Å². The second-order valence-corrected chi connectivity index (χ2v) is 5.00. The first-order valence-corrected chi connectivity index (χ1v) is 6.84. The van der Waals surface area contributed by atoms with Crippen LogP contribution in [0.3, 0.4) is 0 Å². The number of rotatable bonds is 10. The summed E-state index contributed by atoms with van der Waals surface area (Å²) in [5, 5.41) is 14.1. The van der Waals surface area contributed by atoms with E-state index in [2.05, 4.69) is 29.4 Å². The van der Waals surface area contributed by atoms with Gasteiger partial charge in [-0.2, -0.15) is 0 Å². The number of carboxylic acid groups (broad SMARTS) is 1. The quantitative estimate of drug-likeness (QED) is 0.510. The molecule has 1 unspecified atom stereocenters. The van der Waals surface area contributed by atoms with E-state index in [0.717, 1.165) is 0 Å². The predicted molar refractivity (Wildman–Crippen MR) is 76.8 cm³/mol. The summed E-state index contributed by atoms with van der Waals surface area (Å²) in [6.45, 7) is 5.80. The van der Waals surface area contributed by atoms with Crippen molar-refractivity contribution in [3.63, 3.8) is 0 Å². The Morgan fingerprint density at radius 1 is 1.35 bits per heavy atom. The average Bonchev–Trinajstić information content (AvgIpc) is 2.37. The molecule has 0 rings (SSSR count). The summed E-state index contributed by atoms with van der Waals surface area (Å²) in [5.74, 6) is -1.03. The van der Waals surface area contributed by atoms with Crippen LogP contribution in [0, 0.1) is 0 Å². The van der Waals surface area contributed by atoms with Crippen molar-refractivity contribution in [2.75, 3.05) is 33.9 Å². The molecular formula is C13H27N3O4. The Hall–Kier alpha value is -1.34. The molecule has 1 atom stereocenters. The number of carbonyl (C=O) groups excluding carboxylic acids is 1. The first-order chi connectivity index (χ1) is 9.38. The fourth-order valence-electron chi connectivity index (χ4n) is 1.50.